The summed E-state index contributed by atoms with van der Waals surface area (Å²) in [5.74, 6) is -2.50. The number of carboxylic acids is 2. The Morgan fingerprint density at radius 2 is 1.35 bits per heavy atom. The second kappa shape index (κ2) is 14.3. The highest BCUT2D eigenvalue weighted by molar-refractivity contribution is 7.89. The predicted molar refractivity (Wildman–Crippen MR) is 140 cm³/mol. The molecule has 1 aliphatic rings. The molecule has 200 valence electrons. The van der Waals surface area contributed by atoms with Crippen molar-refractivity contribution in [2.24, 2.45) is 0 Å². The summed E-state index contributed by atoms with van der Waals surface area (Å²) in [6.45, 7) is 8.27. The van der Waals surface area contributed by atoms with E-state index in [2.05, 4.69) is 21.9 Å². The van der Waals surface area contributed by atoms with E-state index in [0.717, 1.165) is 26.2 Å². The summed E-state index contributed by atoms with van der Waals surface area (Å²) in [6, 6.07) is 16.6. The monoisotopic (exact) mass is 531 g/mol. The lowest BCUT2D eigenvalue weighted by atomic mass is 10.1. The van der Waals surface area contributed by atoms with Gasteiger partial charge in [-0.2, -0.15) is 4.31 Å². The van der Waals surface area contributed by atoms with Gasteiger partial charge in [0.25, 0.3) is 0 Å². The average molecular weight is 532 g/mol. The summed E-state index contributed by atoms with van der Waals surface area (Å²) in [5, 5.41) is 15.6. The van der Waals surface area contributed by atoms with Gasteiger partial charge in [0, 0.05) is 62.7 Å². The molecule has 0 spiro atoms. The number of Topliss-reactive ketones (excluding diaryl/α,β-unsaturated/α-hetero) is 1. The number of carbonyl (C=O) groups is 3. The molecule has 2 N–H and O–H groups in total. The van der Waals surface area contributed by atoms with Crippen molar-refractivity contribution >= 4 is 33.4 Å². The van der Waals surface area contributed by atoms with Crippen LogP contribution in [0.5, 0.6) is 0 Å². The molecule has 1 saturated heterocycles. The molecular weight excluding hydrogens is 498 g/mol. The van der Waals surface area contributed by atoms with Gasteiger partial charge in [-0.05, 0) is 24.3 Å². The summed E-state index contributed by atoms with van der Waals surface area (Å²) < 4.78 is 26.5. The molecule has 0 aliphatic carbocycles. The number of ketones is 1. The molecule has 0 bridgehead atoms. The minimum atomic E-state index is -3.50. The van der Waals surface area contributed by atoms with Gasteiger partial charge in [-0.15, -0.1) is 0 Å². The van der Waals surface area contributed by atoms with Crippen LogP contribution in [-0.2, 0) is 19.6 Å². The first-order valence-electron chi connectivity index (χ1n) is 11.9. The molecular formula is C26H33N3O7S. The zero-order chi connectivity index (χ0) is 27.4. The molecule has 2 aromatic rings. The van der Waals surface area contributed by atoms with E-state index in [1.54, 1.807) is 12.1 Å². The van der Waals surface area contributed by atoms with Gasteiger partial charge in [-0.3, -0.25) is 9.69 Å². The Morgan fingerprint density at radius 3 is 1.81 bits per heavy atom. The Morgan fingerprint density at radius 1 is 0.838 bits per heavy atom. The Labute approximate surface area is 217 Å². The summed E-state index contributed by atoms with van der Waals surface area (Å²) in [4.78, 5) is 36.5. The number of rotatable bonds is 10. The molecule has 0 radical (unpaired) electrons. The van der Waals surface area contributed by atoms with Crippen molar-refractivity contribution in [3.05, 3.63) is 72.3 Å². The lowest BCUT2D eigenvalue weighted by Crippen LogP contribution is -2.48. The van der Waals surface area contributed by atoms with Crippen molar-refractivity contribution in [2.75, 3.05) is 50.7 Å². The van der Waals surface area contributed by atoms with Crippen LogP contribution in [0.15, 0.2) is 71.6 Å². The molecule has 1 aliphatic heterocycles. The first-order valence-corrected chi connectivity index (χ1v) is 13.3. The van der Waals surface area contributed by atoms with Crippen molar-refractivity contribution < 1.29 is 33.0 Å². The third-order valence-corrected chi connectivity index (χ3v) is 7.81. The van der Waals surface area contributed by atoms with Gasteiger partial charge in [0.15, 0.2) is 5.78 Å². The quantitative estimate of drug-likeness (QED) is 0.350. The second-order valence-corrected chi connectivity index (χ2v) is 10.1. The van der Waals surface area contributed by atoms with Crippen LogP contribution in [0.3, 0.4) is 0 Å². The normalized spacial score (nSPS) is 14.3. The van der Waals surface area contributed by atoms with Gasteiger partial charge in [0.05, 0.1) is 11.4 Å². The summed E-state index contributed by atoms with van der Waals surface area (Å²) in [6.07, 6.45) is 1.12. The van der Waals surface area contributed by atoms with E-state index in [4.69, 9.17) is 10.2 Å². The molecule has 0 amide bonds. The highest BCUT2D eigenvalue weighted by Crippen LogP contribution is 2.18. The van der Waals surface area contributed by atoms with E-state index in [9.17, 15) is 22.8 Å². The van der Waals surface area contributed by atoms with E-state index in [1.165, 1.54) is 22.1 Å². The van der Waals surface area contributed by atoms with Gasteiger partial charge in [0.2, 0.25) is 10.0 Å². The lowest BCUT2D eigenvalue weighted by molar-refractivity contribution is -0.134. The molecule has 0 aromatic heterocycles. The molecule has 0 unspecified atom stereocenters. The van der Waals surface area contributed by atoms with Crippen LogP contribution in [-0.4, -0.2) is 91.4 Å². The zero-order valence-corrected chi connectivity index (χ0v) is 21.8. The van der Waals surface area contributed by atoms with Gasteiger partial charge in [-0.25, -0.2) is 18.0 Å². The van der Waals surface area contributed by atoms with Crippen LogP contribution in [0.4, 0.5) is 5.69 Å². The van der Waals surface area contributed by atoms with Crippen LogP contribution in [0, 0.1) is 0 Å². The first kappa shape index (κ1) is 29.7. The van der Waals surface area contributed by atoms with Crippen molar-refractivity contribution in [3.8, 4) is 0 Å². The predicted octanol–water partition coefficient (Wildman–Crippen LogP) is 2.43. The fraction of sp³-hybridized carbons (Fsp3) is 0.346. The van der Waals surface area contributed by atoms with E-state index in [1.807, 2.05) is 32.0 Å². The molecule has 10 nitrogen and oxygen atoms in total. The largest absolute Gasteiger partial charge is 0.478 e. The third kappa shape index (κ3) is 9.12. The maximum absolute atomic E-state index is 12.7. The molecule has 0 saturated carbocycles. The number of para-hydroxylation sites is 1. The fourth-order valence-corrected chi connectivity index (χ4v) is 5.22. The molecule has 1 fully saturated rings. The van der Waals surface area contributed by atoms with Crippen molar-refractivity contribution in [3.63, 3.8) is 0 Å². The topological polar surface area (TPSA) is 136 Å². The number of benzene rings is 2. The van der Waals surface area contributed by atoms with Crippen molar-refractivity contribution in [1.82, 2.24) is 9.21 Å². The number of nitrogens with zero attached hydrogens (tertiary/aromatic N) is 3. The highest BCUT2D eigenvalue weighted by Gasteiger charge is 2.23. The number of aliphatic carboxylic acids is 2. The summed E-state index contributed by atoms with van der Waals surface area (Å²) in [5.41, 5.74) is 1.76. The van der Waals surface area contributed by atoms with Crippen LogP contribution in [0.1, 0.15) is 24.2 Å². The molecule has 0 atom stereocenters. The Hall–Kier alpha value is -3.54. The fourth-order valence-electron chi connectivity index (χ4n) is 3.77. The minimum absolute atomic E-state index is 0.0185. The van der Waals surface area contributed by atoms with Gasteiger partial charge in [-0.1, -0.05) is 44.2 Å². The summed E-state index contributed by atoms with van der Waals surface area (Å²) >= 11 is 0. The first-order chi connectivity index (χ1) is 17.6. The van der Waals surface area contributed by atoms with Crippen LogP contribution in [0.25, 0.3) is 0 Å². The van der Waals surface area contributed by atoms with Crippen LogP contribution < -0.4 is 4.90 Å². The van der Waals surface area contributed by atoms with Crippen LogP contribution in [0.2, 0.25) is 0 Å². The van der Waals surface area contributed by atoms with Crippen molar-refractivity contribution in [1.29, 1.82) is 0 Å². The average Bonchev–Trinajstić information content (AvgIpc) is 2.89. The number of piperazine rings is 1. The minimum Gasteiger partial charge on any atom is -0.478 e. The highest BCUT2D eigenvalue weighted by atomic mass is 32.2. The van der Waals surface area contributed by atoms with E-state index in [-0.39, 0.29) is 10.7 Å². The number of carbonyl (C=O) groups excluding carboxylic acids is 1. The van der Waals surface area contributed by atoms with Gasteiger partial charge >= 0.3 is 11.9 Å². The van der Waals surface area contributed by atoms with E-state index < -0.39 is 22.0 Å². The number of hydrogen-bond acceptors (Lipinski definition) is 7. The van der Waals surface area contributed by atoms with E-state index in [0.29, 0.717) is 37.3 Å². The smallest absolute Gasteiger partial charge is 0.328 e. The van der Waals surface area contributed by atoms with Crippen LogP contribution >= 0.6 is 0 Å². The Kier molecular flexibility index (Phi) is 11.4. The number of hydrogen-bond donors (Lipinski definition) is 2. The zero-order valence-electron chi connectivity index (χ0n) is 21.0. The Balaban J connectivity index is 0.000000521. The van der Waals surface area contributed by atoms with Gasteiger partial charge in [0.1, 0.15) is 0 Å². The third-order valence-electron chi connectivity index (χ3n) is 5.75. The maximum Gasteiger partial charge on any atom is 0.328 e. The SMILES string of the molecule is CCN(CC)S(=O)(=O)c1ccc(C(=O)CN2CCN(c3ccccc3)CC2)cc1.O=C(O)/C=C\C(=O)O. The maximum atomic E-state index is 12.7. The van der Waals surface area contributed by atoms with Crippen molar-refractivity contribution in [2.45, 2.75) is 18.7 Å². The number of anilines is 1. The standard InChI is InChI=1S/C22H29N3O3S.C4H4O4/c1-3-25(4-2)29(27,28)21-12-10-19(11-13-21)22(26)18-23-14-16-24(17-15-23)20-8-6-5-7-9-20;5-3(6)1-2-4(7)8/h5-13H,3-4,14-18H2,1-2H3;1-2H,(H,5,6)(H,7,8)/b;2-1-. The molecule has 2 aromatic carbocycles. The molecule has 1 heterocycles. The molecule has 37 heavy (non-hydrogen) atoms. The molecule has 3 rings (SSSR count). The number of carboxylic acid groups (broad SMARTS) is 2. The second-order valence-electron chi connectivity index (χ2n) is 8.15. The van der Waals surface area contributed by atoms with E-state index >= 15 is 0 Å². The van der Waals surface area contributed by atoms with Gasteiger partial charge < -0.3 is 15.1 Å². The number of sulfonamides is 1. The summed E-state index contributed by atoms with van der Waals surface area (Å²) in [7, 11) is -3.50. The lowest BCUT2D eigenvalue weighted by Gasteiger charge is -2.35. The Bertz CT molecular complexity index is 1150. The molecule has 11 heteroatoms.